The standard InChI is InChI=1S/C13H14BrN3S/c1-8(2)11-12(15)16-7-17-13(11)18-10-5-3-4-9(14)6-10/h3-8H,1-2H3,(H2,15,16,17). The maximum atomic E-state index is 5.93. The summed E-state index contributed by atoms with van der Waals surface area (Å²) in [6.07, 6.45) is 1.52. The van der Waals surface area contributed by atoms with Gasteiger partial charge in [-0.15, -0.1) is 0 Å². The highest BCUT2D eigenvalue weighted by molar-refractivity contribution is 9.10. The first-order chi connectivity index (χ1) is 8.58. The highest BCUT2D eigenvalue weighted by Crippen LogP contribution is 2.35. The SMILES string of the molecule is CC(C)c1c(N)ncnc1Sc1cccc(Br)c1. The third-order valence-corrected chi connectivity index (χ3v) is 3.97. The minimum absolute atomic E-state index is 0.306. The van der Waals surface area contributed by atoms with Crippen LogP contribution in [0.4, 0.5) is 5.82 Å². The topological polar surface area (TPSA) is 51.8 Å². The molecule has 1 aromatic carbocycles. The molecule has 2 N–H and O–H groups in total. The van der Waals surface area contributed by atoms with E-state index in [9.17, 15) is 0 Å². The third kappa shape index (κ3) is 3.03. The highest BCUT2D eigenvalue weighted by Gasteiger charge is 2.13. The number of nitrogens with zero attached hydrogens (tertiary/aromatic N) is 2. The Balaban J connectivity index is 2.37. The Morgan fingerprint density at radius 3 is 2.72 bits per heavy atom. The van der Waals surface area contributed by atoms with E-state index >= 15 is 0 Å². The Morgan fingerprint density at radius 1 is 1.28 bits per heavy atom. The summed E-state index contributed by atoms with van der Waals surface area (Å²) in [5, 5.41) is 0.926. The van der Waals surface area contributed by atoms with E-state index in [1.54, 1.807) is 11.8 Å². The van der Waals surface area contributed by atoms with Crippen LogP contribution in [0.15, 0.2) is 45.0 Å². The van der Waals surface area contributed by atoms with Crippen molar-refractivity contribution < 1.29 is 0 Å². The van der Waals surface area contributed by atoms with Crippen LogP contribution in [0.3, 0.4) is 0 Å². The van der Waals surface area contributed by atoms with Gasteiger partial charge in [-0.3, -0.25) is 0 Å². The van der Waals surface area contributed by atoms with Gasteiger partial charge >= 0.3 is 0 Å². The number of benzene rings is 1. The first-order valence-electron chi connectivity index (χ1n) is 5.61. The van der Waals surface area contributed by atoms with Gasteiger partial charge in [0.1, 0.15) is 17.2 Å². The van der Waals surface area contributed by atoms with E-state index < -0.39 is 0 Å². The predicted molar refractivity (Wildman–Crippen MR) is 78.8 cm³/mol. The maximum Gasteiger partial charge on any atom is 0.131 e. The van der Waals surface area contributed by atoms with Crippen LogP contribution in [0.2, 0.25) is 0 Å². The summed E-state index contributed by atoms with van der Waals surface area (Å²) in [7, 11) is 0. The number of nitrogens with two attached hydrogens (primary N) is 1. The second-order valence-corrected chi connectivity index (χ2v) is 6.17. The number of hydrogen-bond donors (Lipinski definition) is 1. The normalized spacial score (nSPS) is 10.9. The van der Waals surface area contributed by atoms with Crippen molar-refractivity contribution in [2.75, 3.05) is 5.73 Å². The molecule has 3 nitrogen and oxygen atoms in total. The molecule has 0 saturated carbocycles. The zero-order chi connectivity index (χ0) is 13.1. The molecule has 0 bridgehead atoms. The van der Waals surface area contributed by atoms with Crippen LogP contribution in [0, 0.1) is 0 Å². The molecule has 2 rings (SSSR count). The summed E-state index contributed by atoms with van der Waals surface area (Å²) in [6.45, 7) is 4.19. The lowest BCUT2D eigenvalue weighted by Gasteiger charge is -2.12. The van der Waals surface area contributed by atoms with Crippen molar-refractivity contribution in [1.82, 2.24) is 9.97 Å². The number of nitrogen functional groups attached to an aromatic ring is 1. The van der Waals surface area contributed by atoms with E-state index in [0.29, 0.717) is 11.7 Å². The number of rotatable bonds is 3. The molecule has 0 saturated heterocycles. The lowest BCUT2D eigenvalue weighted by molar-refractivity contribution is 0.808. The summed E-state index contributed by atoms with van der Waals surface area (Å²) < 4.78 is 1.06. The van der Waals surface area contributed by atoms with Gasteiger partial charge in [0.25, 0.3) is 0 Å². The minimum atomic E-state index is 0.306. The molecule has 0 unspecified atom stereocenters. The summed E-state index contributed by atoms with van der Waals surface area (Å²) in [5.41, 5.74) is 6.95. The molecule has 0 radical (unpaired) electrons. The van der Waals surface area contributed by atoms with Gasteiger partial charge in [-0.2, -0.15) is 0 Å². The van der Waals surface area contributed by atoms with Crippen LogP contribution in [0.1, 0.15) is 25.3 Å². The molecule has 1 aromatic heterocycles. The van der Waals surface area contributed by atoms with Crippen molar-refractivity contribution in [2.24, 2.45) is 0 Å². The van der Waals surface area contributed by atoms with Crippen LogP contribution in [0.25, 0.3) is 0 Å². The Hall–Kier alpha value is -1.07. The summed E-state index contributed by atoms with van der Waals surface area (Å²) in [5.74, 6) is 0.873. The summed E-state index contributed by atoms with van der Waals surface area (Å²) in [4.78, 5) is 9.54. The van der Waals surface area contributed by atoms with Gasteiger partial charge in [0, 0.05) is 14.9 Å². The molecule has 5 heteroatoms. The summed E-state index contributed by atoms with van der Waals surface area (Å²) in [6, 6.07) is 8.12. The molecule has 94 valence electrons. The molecule has 0 atom stereocenters. The Labute approximate surface area is 119 Å². The van der Waals surface area contributed by atoms with Crippen molar-refractivity contribution in [3.8, 4) is 0 Å². The maximum absolute atomic E-state index is 5.93. The average Bonchev–Trinajstić information content (AvgIpc) is 2.28. The van der Waals surface area contributed by atoms with Gasteiger partial charge in [-0.05, 0) is 24.1 Å². The minimum Gasteiger partial charge on any atom is -0.383 e. The molecule has 0 aliphatic carbocycles. The number of anilines is 1. The van der Waals surface area contributed by atoms with Crippen molar-refractivity contribution in [2.45, 2.75) is 29.7 Å². The van der Waals surface area contributed by atoms with Gasteiger partial charge < -0.3 is 5.73 Å². The van der Waals surface area contributed by atoms with E-state index in [1.165, 1.54) is 6.33 Å². The largest absolute Gasteiger partial charge is 0.383 e. The molecule has 2 aromatic rings. The van der Waals surface area contributed by atoms with Gasteiger partial charge in [0.2, 0.25) is 0 Å². The first-order valence-corrected chi connectivity index (χ1v) is 7.22. The van der Waals surface area contributed by atoms with E-state index in [2.05, 4.69) is 51.9 Å². The van der Waals surface area contributed by atoms with Crippen LogP contribution in [-0.2, 0) is 0 Å². The molecule has 1 heterocycles. The molecule has 0 aliphatic rings. The van der Waals surface area contributed by atoms with Gasteiger partial charge in [0.15, 0.2) is 0 Å². The molecular formula is C13H14BrN3S. The molecule has 0 amide bonds. The van der Waals surface area contributed by atoms with Gasteiger partial charge in [0.05, 0.1) is 0 Å². The average molecular weight is 324 g/mol. The second kappa shape index (κ2) is 5.71. The Kier molecular flexibility index (Phi) is 4.24. The third-order valence-electron chi connectivity index (χ3n) is 2.47. The molecular weight excluding hydrogens is 310 g/mol. The van der Waals surface area contributed by atoms with E-state index in [0.717, 1.165) is 20.0 Å². The van der Waals surface area contributed by atoms with Crippen LogP contribution in [0.5, 0.6) is 0 Å². The molecule has 0 fully saturated rings. The predicted octanol–water partition coefficient (Wildman–Crippen LogP) is 4.10. The van der Waals surface area contributed by atoms with E-state index in [4.69, 9.17) is 5.73 Å². The first kappa shape index (κ1) is 13.4. The lowest BCUT2D eigenvalue weighted by Crippen LogP contribution is -2.03. The van der Waals surface area contributed by atoms with E-state index in [1.807, 2.05) is 12.1 Å². The van der Waals surface area contributed by atoms with Gasteiger partial charge in [-0.1, -0.05) is 47.6 Å². The van der Waals surface area contributed by atoms with Crippen molar-refractivity contribution in [3.63, 3.8) is 0 Å². The molecule has 0 spiro atoms. The fourth-order valence-electron chi connectivity index (χ4n) is 1.66. The number of halogens is 1. The molecule has 0 aliphatic heterocycles. The fraction of sp³-hybridized carbons (Fsp3) is 0.231. The zero-order valence-corrected chi connectivity index (χ0v) is 12.6. The van der Waals surface area contributed by atoms with Crippen LogP contribution >= 0.6 is 27.7 Å². The zero-order valence-electron chi connectivity index (χ0n) is 10.2. The fourth-order valence-corrected chi connectivity index (χ4v) is 3.31. The smallest absolute Gasteiger partial charge is 0.131 e. The second-order valence-electron chi connectivity index (χ2n) is 4.19. The van der Waals surface area contributed by atoms with E-state index in [-0.39, 0.29) is 0 Å². The Morgan fingerprint density at radius 2 is 2.06 bits per heavy atom. The number of hydrogen-bond acceptors (Lipinski definition) is 4. The Bertz CT molecular complexity index is 558. The monoisotopic (exact) mass is 323 g/mol. The van der Waals surface area contributed by atoms with Crippen LogP contribution < -0.4 is 5.73 Å². The quantitative estimate of drug-likeness (QED) is 0.864. The van der Waals surface area contributed by atoms with Crippen molar-refractivity contribution >= 4 is 33.5 Å². The molecule has 18 heavy (non-hydrogen) atoms. The van der Waals surface area contributed by atoms with Gasteiger partial charge in [-0.25, -0.2) is 9.97 Å². The lowest BCUT2D eigenvalue weighted by atomic mass is 10.1. The van der Waals surface area contributed by atoms with Crippen molar-refractivity contribution in [1.29, 1.82) is 0 Å². The van der Waals surface area contributed by atoms with Crippen molar-refractivity contribution in [3.05, 3.63) is 40.6 Å². The number of aromatic nitrogens is 2. The summed E-state index contributed by atoms with van der Waals surface area (Å²) >= 11 is 5.08. The highest BCUT2D eigenvalue weighted by atomic mass is 79.9. The van der Waals surface area contributed by atoms with Crippen LogP contribution in [-0.4, -0.2) is 9.97 Å².